The van der Waals surface area contributed by atoms with E-state index in [1.807, 2.05) is 24.3 Å². The summed E-state index contributed by atoms with van der Waals surface area (Å²) in [5.41, 5.74) is 2.23. The minimum Gasteiger partial charge on any atom is -0.370 e. The molecule has 1 aliphatic heterocycles. The zero-order chi connectivity index (χ0) is 17.8. The van der Waals surface area contributed by atoms with Gasteiger partial charge in [-0.05, 0) is 49.6 Å². The van der Waals surface area contributed by atoms with Gasteiger partial charge >= 0.3 is 6.03 Å². The number of rotatable bonds is 4. The van der Waals surface area contributed by atoms with Crippen molar-refractivity contribution in [1.29, 1.82) is 0 Å². The SMILES string of the molecule is CC(NC(=O)Nc1ccccc1N1CCCC1)c1ccc(F)c(F)c1. The molecule has 1 unspecified atom stereocenters. The lowest BCUT2D eigenvalue weighted by atomic mass is 10.1. The van der Waals surface area contributed by atoms with Crippen LogP contribution < -0.4 is 15.5 Å². The standard InChI is InChI=1S/C19H21F2N3O/c1-13(14-8-9-15(20)16(21)12-14)22-19(25)23-17-6-2-3-7-18(17)24-10-4-5-11-24/h2-3,6-9,12-13H,4-5,10-11H2,1H3,(H2,22,23,25). The highest BCUT2D eigenvalue weighted by Crippen LogP contribution is 2.28. The third-order valence-corrected chi connectivity index (χ3v) is 4.39. The average Bonchev–Trinajstić information content (AvgIpc) is 3.12. The fraction of sp³-hybridized carbons (Fsp3) is 0.316. The first-order valence-electron chi connectivity index (χ1n) is 8.41. The van der Waals surface area contributed by atoms with E-state index >= 15 is 0 Å². The molecule has 2 aromatic rings. The highest BCUT2D eigenvalue weighted by molar-refractivity contribution is 5.93. The number of halogens is 2. The van der Waals surface area contributed by atoms with Gasteiger partial charge in [0.25, 0.3) is 0 Å². The summed E-state index contributed by atoms with van der Waals surface area (Å²) < 4.78 is 26.4. The van der Waals surface area contributed by atoms with Crippen LogP contribution in [-0.2, 0) is 0 Å². The van der Waals surface area contributed by atoms with Gasteiger partial charge in [-0.1, -0.05) is 18.2 Å². The molecule has 6 heteroatoms. The summed E-state index contributed by atoms with van der Waals surface area (Å²) in [6, 6.07) is 10.4. The molecule has 2 amide bonds. The minimum atomic E-state index is -0.925. The van der Waals surface area contributed by atoms with Gasteiger partial charge < -0.3 is 15.5 Å². The van der Waals surface area contributed by atoms with Crippen molar-refractivity contribution in [3.8, 4) is 0 Å². The molecule has 1 atom stereocenters. The molecule has 132 valence electrons. The molecule has 0 radical (unpaired) electrons. The van der Waals surface area contributed by atoms with Crippen molar-refractivity contribution >= 4 is 17.4 Å². The zero-order valence-corrected chi connectivity index (χ0v) is 14.1. The van der Waals surface area contributed by atoms with Gasteiger partial charge in [0, 0.05) is 13.1 Å². The highest BCUT2D eigenvalue weighted by Gasteiger charge is 2.17. The topological polar surface area (TPSA) is 44.4 Å². The maximum absolute atomic E-state index is 13.3. The Kier molecular flexibility index (Phi) is 5.16. The van der Waals surface area contributed by atoms with Crippen molar-refractivity contribution in [2.75, 3.05) is 23.3 Å². The minimum absolute atomic E-state index is 0.385. The average molecular weight is 345 g/mol. The smallest absolute Gasteiger partial charge is 0.319 e. The zero-order valence-electron chi connectivity index (χ0n) is 14.1. The first kappa shape index (κ1) is 17.2. The second kappa shape index (κ2) is 7.51. The first-order valence-corrected chi connectivity index (χ1v) is 8.41. The van der Waals surface area contributed by atoms with Gasteiger partial charge in [-0.15, -0.1) is 0 Å². The summed E-state index contributed by atoms with van der Waals surface area (Å²) in [6.07, 6.45) is 2.29. The molecule has 25 heavy (non-hydrogen) atoms. The van der Waals surface area contributed by atoms with E-state index in [9.17, 15) is 13.6 Å². The molecule has 1 fully saturated rings. The lowest BCUT2D eigenvalue weighted by Gasteiger charge is -2.22. The van der Waals surface area contributed by atoms with Crippen molar-refractivity contribution in [2.24, 2.45) is 0 Å². The van der Waals surface area contributed by atoms with Crippen LogP contribution >= 0.6 is 0 Å². The summed E-state index contributed by atoms with van der Waals surface area (Å²) in [4.78, 5) is 14.6. The number of carbonyl (C=O) groups excluding carboxylic acids is 1. The largest absolute Gasteiger partial charge is 0.370 e. The number of nitrogens with zero attached hydrogens (tertiary/aromatic N) is 1. The van der Waals surface area contributed by atoms with E-state index in [0.29, 0.717) is 5.56 Å². The second-order valence-electron chi connectivity index (χ2n) is 6.20. The highest BCUT2D eigenvalue weighted by atomic mass is 19.2. The van der Waals surface area contributed by atoms with Crippen LogP contribution in [0.4, 0.5) is 25.0 Å². The number of urea groups is 1. The van der Waals surface area contributed by atoms with E-state index in [0.717, 1.165) is 49.4 Å². The normalized spacial score (nSPS) is 15.1. The summed E-state index contributed by atoms with van der Waals surface area (Å²) in [6.45, 7) is 3.68. The summed E-state index contributed by atoms with van der Waals surface area (Å²) in [7, 11) is 0. The number of nitrogens with one attached hydrogen (secondary N) is 2. The Bertz CT molecular complexity index is 760. The van der Waals surface area contributed by atoms with Crippen molar-refractivity contribution in [3.63, 3.8) is 0 Å². The molecular formula is C19H21F2N3O. The van der Waals surface area contributed by atoms with Gasteiger partial charge in [-0.25, -0.2) is 13.6 Å². The van der Waals surface area contributed by atoms with Crippen LogP contribution in [-0.4, -0.2) is 19.1 Å². The maximum atomic E-state index is 13.3. The van der Waals surface area contributed by atoms with Gasteiger partial charge in [-0.2, -0.15) is 0 Å². The molecule has 2 aromatic carbocycles. The predicted molar refractivity (Wildman–Crippen MR) is 94.8 cm³/mol. The quantitative estimate of drug-likeness (QED) is 0.860. The van der Waals surface area contributed by atoms with Gasteiger partial charge in [-0.3, -0.25) is 0 Å². The molecule has 1 aliphatic rings. The number of hydrogen-bond donors (Lipinski definition) is 2. The molecule has 1 saturated heterocycles. The second-order valence-corrected chi connectivity index (χ2v) is 6.20. The Labute approximate surface area is 145 Å². The van der Waals surface area contributed by atoms with E-state index in [-0.39, 0.29) is 6.03 Å². The Balaban J connectivity index is 1.67. The molecule has 4 nitrogen and oxygen atoms in total. The van der Waals surface area contributed by atoms with Gasteiger partial charge in [0.2, 0.25) is 0 Å². The van der Waals surface area contributed by atoms with E-state index in [4.69, 9.17) is 0 Å². The summed E-state index contributed by atoms with van der Waals surface area (Å²) in [5.74, 6) is -1.83. The lowest BCUT2D eigenvalue weighted by molar-refractivity contribution is 0.249. The van der Waals surface area contributed by atoms with Crippen LogP contribution in [0.3, 0.4) is 0 Å². The molecule has 2 N–H and O–H groups in total. The lowest BCUT2D eigenvalue weighted by Crippen LogP contribution is -2.32. The first-order chi connectivity index (χ1) is 12.0. The molecule has 0 saturated carbocycles. The van der Waals surface area contributed by atoms with Crippen molar-refractivity contribution < 1.29 is 13.6 Å². The van der Waals surface area contributed by atoms with Crippen molar-refractivity contribution in [2.45, 2.75) is 25.8 Å². The Morgan fingerprint density at radius 1 is 1.08 bits per heavy atom. The third kappa shape index (κ3) is 4.07. The van der Waals surface area contributed by atoms with Gasteiger partial charge in [0.1, 0.15) is 0 Å². The van der Waals surface area contributed by atoms with Crippen LogP contribution in [0, 0.1) is 11.6 Å². The van der Waals surface area contributed by atoms with Crippen LogP contribution in [0.5, 0.6) is 0 Å². The fourth-order valence-electron chi connectivity index (χ4n) is 3.03. The predicted octanol–water partition coefficient (Wildman–Crippen LogP) is 4.45. The van der Waals surface area contributed by atoms with Gasteiger partial charge in [0.05, 0.1) is 17.4 Å². The van der Waals surface area contributed by atoms with E-state index in [1.54, 1.807) is 6.92 Å². The summed E-state index contributed by atoms with van der Waals surface area (Å²) in [5, 5.41) is 5.61. The van der Waals surface area contributed by atoms with Crippen LogP contribution in [0.25, 0.3) is 0 Å². The van der Waals surface area contributed by atoms with Crippen LogP contribution in [0.1, 0.15) is 31.4 Å². The maximum Gasteiger partial charge on any atom is 0.319 e. The molecular weight excluding hydrogens is 324 g/mol. The summed E-state index contributed by atoms with van der Waals surface area (Å²) >= 11 is 0. The van der Waals surface area contributed by atoms with E-state index in [2.05, 4.69) is 15.5 Å². The number of carbonyl (C=O) groups is 1. The Hall–Kier alpha value is -2.63. The fourth-order valence-corrected chi connectivity index (χ4v) is 3.03. The van der Waals surface area contributed by atoms with Crippen LogP contribution in [0.2, 0.25) is 0 Å². The molecule has 0 aromatic heterocycles. The molecule has 0 spiro atoms. The monoisotopic (exact) mass is 345 g/mol. The molecule has 0 aliphatic carbocycles. The Morgan fingerprint density at radius 3 is 2.52 bits per heavy atom. The number of anilines is 2. The Morgan fingerprint density at radius 2 is 1.80 bits per heavy atom. The number of amides is 2. The van der Waals surface area contributed by atoms with Crippen molar-refractivity contribution in [1.82, 2.24) is 5.32 Å². The van der Waals surface area contributed by atoms with E-state index in [1.165, 1.54) is 6.07 Å². The molecule has 1 heterocycles. The molecule has 3 rings (SSSR count). The van der Waals surface area contributed by atoms with Crippen LogP contribution in [0.15, 0.2) is 42.5 Å². The number of para-hydroxylation sites is 2. The number of hydrogen-bond acceptors (Lipinski definition) is 2. The van der Waals surface area contributed by atoms with Crippen molar-refractivity contribution in [3.05, 3.63) is 59.7 Å². The third-order valence-electron chi connectivity index (χ3n) is 4.39. The van der Waals surface area contributed by atoms with Gasteiger partial charge in [0.15, 0.2) is 11.6 Å². The number of benzene rings is 2. The molecule has 0 bridgehead atoms. The van der Waals surface area contributed by atoms with E-state index < -0.39 is 17.7 Å².